The summed E-state index contributed by atoms with van der Waals surface area (Å²) in [6.45, 7) is 12.2. The molecule has 132 valence electrons. The molecule has 1 aromatic heterocycles. The van der Waals surface area contributed by atoms with E-state index in [2.05, 4.69) is 31.3 Å². The Morgan fingerprint density at radius 3 is 2.57 bits per heavy atom. The zero-order valence-corrected chi connectivity index (χ0v) is 16.0. The molecule has 1 rings (SSSR count). The molecular weight excluding hydrogens is 312 g/mol. The Morgan fingerprint density at radius 1 is 1.35 bits per heavy atom. The lowest BCUT2D eigenvalue weighted by molar-refractivity contribution is 0.0203. The quantitative estimate of drug-likeness (QED) is 0.784. The van der Waals surface area contributed by atoms with Gasteiger partial charge in [0.05, 0.1) is 6.61 Å². The number of carbonyl (C=O) groups excluding carboxylic acids is 1. The first-order chi connectivity index (χ1) is 10.7. The van der Waals surface area contributed by atoms with Crippen molar-refractivity contribution in [2.75, 3.05) is 33.4 Å². The Balaban J connectivity index is 2.48. The summed E-state index contributed by atoms with van der Waals surface area (Å²) in [5, 5.41) is 3.46. The summed E-state index contributed by atoms with van der Waals surface area (Å²) in [7, 11) is 1.63. The number of hydrogen-bond donors (Lipinski definition) is 1. The van der Waals surface area contributed by atoms with Gasteiger partial charge in [-0.15, -0.1) is 11.3 Å². The second kappa shape index (κ2) is 9.25. The first-order valence-electron chi connectivity index (χ1n) is 7.99. The van der Waals surface area contributed by atoms with Gasteiger partial charge >= 0.3 is 6.09 Å². The summed E-state index contributed by atoms with van der Waals surface area (Å²) in [4.78, 5) is 16.5. The number of rotatable bonds is 8. The van der Waals surface area contributed by atoms with E-state index in [4.69, 9.17) is 9.47 Å². The molecule has 0 bridgehead atoms. The van der Waals surface area contributed by atoms with Crippen LogP contribution in [0.5, 0.6) is 0 Å². The van der Waals surface area contributed by atoms with E-state index in [1.54, 1.807) is 23.3 Å². The van der Waals surface area contributed by atoms with E-state index in [1.165, 1.54) is 9.75 Å². The Kier molecular flexibility index (Phi) is 8.02. The molecule has 0 radical (unpaired) electrons. The van der Waals surface area contributed by atoms with Gasteiger partial charge in [-0.05, 0) is 46.8 Å². The molecule has 23 heavy (non-hydrogen) atoms. The molecule has 1 amide bonds. The molecule has 0 aromatic carbocycles. The van der Waals surface area contributed by atoms with Crippen molar-refractivity contribution in [3.05, 3.63) is 21.9 Å². The standard InChI is InChI=1S/C17H30N2O3S/c1-13-7-8-15(23-13)14(2)18-9-10-19(11-12-21-6)16(20)22-17(3,4)5/h7-8,14,18H,9-12H2,1-6H3. The van der Waals surface area contributed by atoms with Crippen molar-refractivity contribution in [1.82, 2.24) is 10.2 Å². The van der Waals surface area contributed by atoms with Crippen LogP contribution in [0, 0.1) is 6.92 Å². The molecule has 6 heteroatoms. The minimum atomic E-state index is -0.488. The molecule has 1 atom stereocenters. The van der Waals surface area contributed by atoms with Crippen LogP contribution in [0.15, 0.2) is 12.1 Å². The van der Waals surface area contributed by atoms with E-state index in [9.17, 15) is 4.79 Å². The molecule has 0 aliphatic rings. The third kappa shape index (κ3) is 7.81. The van der Waals surface area contributed by atoms with Crippen molar-refractivity contribution in [1.29, 1.82) is 0 Å². The van der Waals surface area contributed by atoms with Gasteiger partial charge in [0.2, 0.25) is 0 Å². The summed E-state index contributed by atoms with van der Waals surface area (Å²) in [6, 6.07) is 4.55. The maximum Gasteiger partial charge on any atom is 0.410 e. The molecule has 5 nitrogen and oxygen atoms in total. The van der Waals surface area contributed by atoms with Crippen LogP contribution in [-0.4, -0.2) is 49.9 Å². The fourth-order valence-electron chi connectivity index (χ4n) is 2.03. The lowest BCUT2D eigenvalue weighted by Gasteiger charge is -2.27. The van der Waals surface area contributed by atoms with Gasteiger partial charge in [-0.25, -0.2) is 4.79 Å². The van der Waals surface area contributed by atoms with Crippen LogP contribution >= 0.6 is 11.3 Å². The molecule has 1 unspecified atom stereocenters. The number of amides is 1. The van der Waals surface area contributed by atoms with Crippen LogP contribution in [0.2, 0.25) is 0 Å². The van der Waals surface area contributed by atoms with Gasteiger partial charge < -0.3 is 19.7 Å². The summed E-state index contributed by atoms with van der Waals surface area (Å²) in [5.41, 5.74) is -0.488. The van der Waals surface area contributed by atoms with Crippen molar-refractivity contribution in [2.45, 2.75) is 46.3 Å². The van der Waals surface area contributed by atoms with Crippen LogP contribution in [0.4, 0.5) is 4.79 Å². The van der Waals surface area contributed by atoms with Crippen LogP contribution in [-0.2, 0) is 9.47 Å². The van der Waals surface area contributed by atoms with Gasteiger partial charge in [-0.1, -0.05) is 0 Å². The minimum Gasteiger partial charge on any atom is -0.444 e. The normalized spacial score (nSPS) is 13.0. The SMILES string of the molecule is COCCN(CCNC(C)c1ccc(C)s1)C(=O)OC(C)(C)C. The Hall–Kier alpha value is -1.11. The molecule has 0 fully saturated rings. The van der Waals surface area contributed by atoms with Crippen molar-refractivity contribution < 1.29 is 14.3 Å². The van der Waals surface area contributed by atoms with Gasteiger partial charge in [0.15, 0.2) is 0 Å². The fraction of sp³-hybridized carbons (Fsp3) is 0.706. The van der Waals surface area contributed by atoms with Gasteiger partial charge in [-0.2, -0.15) is 0 Å². The number of aryl methyl sites for hydroxylation is 1. The molecule has 0 spiro atoms. The van der Waals surface area contributed by atoms with Crippen LogP contribution in [0.3, 0.4) is 0 Å². The highest BCUT2D eigenvalue weighted by molar-refractivity contribution is 7.12. The summed E-state index contributed by atoms with van der Waals surface area (Å²) in [5.74, 6) is 0. The van der Waals surface area contributed by atoms with E-state index in [0.717, 1.165) is 0 Å². The second-order valence-corrected chi connectivity index (χ2v) is 7.90. The molecule has 0 aliphatic carbocycles. The van der Waals surface area contributed by atoms with Gasteiger partial charge in [0.25, 0.3) is 0 Å². The van der Waals surface area contributed by atoms with Gasteiger partial charge in [0.1, 0.15) is 5.60 Å². The Morgan fingerprint density at radius 2 is 2.04 bits per heavy atom. The molecule has 1 N–H and O–H groups in total. The zero-order valence-electron chi connectivity index (χ0n) is 15.1. The predicted octanol–water partition coefficient (Wildman–Crippen LogP) is 3.59. The topological polar surface area (TPSA) is 50.8 Å². The third-order valence-electron chi connectivity index (χ3n) is 3.24. The Bertz CT molecular complexity index is 482. The monoisotopic (exact) mass is 342 g/mol. The molecule has 1 aromatic rings. The lowest BCUT2D eigenvalue weighted by atomic mass is 10.2. The van der Waals surface area contributed by atoms with Crippen molar-refractivity contribution in [3.63, 3.8) is 0 Å². The molecule has 1 heterocycles. The highest BCUT2D eigenvalue weighted by Gasteiger charge is 2.21. The van der Waals surface area contributed by atoms with Crippen molar-refractivity contribution in [3.8, 4) is 0 Å². The van der Waals surface area contributed by atoms with E-state index >= 15 is 0 Å². The second-order valence-electron chi connectivity index (χ2n) is 6.58. The van der Waals surface area contributed by atoms with Crippen molar-refractivity contribution in [2.24, 2.45) is 0 Å². The highest BCUT2D eigenvalue weighted by Crippen LogP contribution is 2.22. The molecule has 0 saturated carbocycles. The summed E-state index contributed by atoms with van der Waals surface area (Å²) < 4.78 is 10.5. The number of carbonyl (C=O) groups is 1. The number of methoxy groups -OCH3 is 1. The van der Waals surface area contributed by atoms with Crippen LogP contribution < -0.4 is 5.32 Å². The summed E-state index contributed by atoms with van der Waals surface area (Å²) >= 11 is 1.79. The number of nitrogens with one attached hydrogen (secondary N) is 1. The number of thiophene rings is 1. The van der Waals surface area contributed by atoms with Crippen LogP contribution in [0.1, 0.15) is 43.5 Å². The van der Waals surface area contributed by atoms with E-state index in [-0.39, 0.29) is 12.1 Å². The van der Waals surface area contributed by atoms with E-state index in [1.807, 2.05) is 20.8 Å². The zero-order chi connectivity index (χ0) is 17.5. The highest BCUT2D eigenvalue weighted by atomic mass is 32.1. The first kappa shape index (κ1) is 19.9. The smallest absolute Gasteiger partial charge is 0.410 e. The van der Waals surface area contributed by atoms with E-state index < -0.39 is 5.60 Å². The fourth-order valence-corrected chi connectivity index (χ4v) is 2.93. The van der Waals surface area contributed by atoms with E-state index in [0.29, 0.717) is 26.2 Å². The average molecular weight is 343 g/mol. The molecule has 0 aliphatic heterocycles. The number of ether oxygens (including phenoxy) is 2. The summed E-state index contributed by atoms with van der Waals surface area (Å²) in [6.07, 6.45) is -0.295. The number of nitrogens with zero attached hydrogens (tertiary/aromatic N) is 1. The maximum absolute atomic E-state index is 12.2. The first-order valence-corrected chi connectivity index (χ1v) is 8.81. The minimum absolute atomic E-state index is 0.275. The maximum atomic E-state index is 12.2. The lowest BCUT2D eigenvalue weighted by Crippen LogP contribution is -2.42. The molecule has 0 saturated heterocycles. The van der Waals surface area contributed by atoms with Crippen molar-refractivity contribution >= 4 is 17.4 Å². The Labute approximate surface area is 144 Å². The number of hydrogen-bond acceptors (Lipinski definition) is 5. The van der Waals surface area contributed by atoms with Crippen LogP contribution in [0.25, 0.3) is 0 Å². The molecular formula is C17H30N2O3S. The van der Waals surface area contributed by atoms with Gasteiger partial charge in [-0.3, -0.25) is 0 Å². The van der Waals surface area contributed by atoms with Gasteiger partial charge in [0, 0.05) is 42.5 Å². The average Bonchev–Trinajstić information content (AvgIpc) is 2.87. The largest absolute Gasteiger partial charge is 0.444 e. The third-order valence-corrected chi connectivity index (χ3v) is 4.42. The predicted molar refractivity (Wildman–Crippen MR) is 95.2 cm³/mol.